The third-order valence-corrected chi connectivity index (χ3v) is 4.16. The summed E-state index contributed by atoms with van der Waals surface area (Å²) in [7, 11) is 5.25. The van der Waals surface area contributed by atoms with E-state index in [4.69, 9.17) is 13.6 Å². The SMILES string of the molecule is [B]C(=O)N1CCC(Nc2ccc(Br)cc2)(C(N)=O)CC1. The first-order valence-corrected chi connectivity index (χ1v) is 7.10. The first kappa shape index (κ1) is 14.9. The molecule has 5 nitrogen and oxygen atoms in total. The highest BCUT2D eigenvalue weighted by atomic mass is 79.9. The summed E-state index contributed by atoms with van der Waals surface area (Å²) < 4.78 is 0.958. The van der Waals surface area contributed by atoms with Crippen LogP contribution in [0.1, 0.15) is 12.8 Å². The standard InChI is InChI=1S/C13H15BBrN3O2/c14-12(20)18-7-5-13(6-8-18,11(16)19)17-10-3-1-9(15)2-4-10/h1-4,17H,5-8H2,(H2,16,19). The number of nitrogens with one attached hydrogen (secondary N) is 1. The van der Waals surface area contributed by atoms with E-state index in [1.54, 1.807) is 0 Å². The molecule has 0 bridgehead atoms. The first-order chi connectivity index (χ1) is 9.43. The quantitative estimate of drug-likeness (QED) is 0.821. The minimum Gasteiger partial charge on any atom is -0.371 e. The minimum atomic E-state index is -0.834. The van der Waals surface area contributed by atoms with Crippen molar-refractivity contribution in [1.82, 2.24) is 4.90 Å². The average Bonchev–Trinajstić information content (AvgIpc) is 2.42. The fourth-order valence-corrected chi connectivity index (χ4v) is 2.62. The van der Waals surface area contributed by atoms with Crippen molar-refractivity contribution in [3.8, 4) is 0 Å². The van der Waals surface area contributed by atoms with E-state index in [1.807, 2.05) is 24.3 Å². The van der Waals surface area contributed by atoms with E-state index >= 15 is 0 Å². The largest absolute Gasteiger partial charge is 0.371 e. The van der Waals surface area contributed by atoms with Gasteiger partial charge in [-0.2, -0.15) is 0 Å². The highest BCUT2D eigenvalue weighted by Crippen LogP contribution is 2.27. The number of likely N-dealkylation sites (tertiary alicyclic amines) is 1. The molecule has 7 heteroatoms. The van der Waals surface area contributed by atoms with Crippen molar-refractivity contribution in [1.29, 1.82) is 0 Å². The van der Waals surface area contributed by atoms with Crippen molar-refractivity contribution < 1.29 is 9.59 Å². The van der Waals surface area contributed by atoms with E-state index in [0.717, 1.165) is 10.2 Å². The molecule has 0 saturated carbocycles. The Morgan fingerprint density at radius 3 is 2.25 bits per heavy atom. The Kier molecular flexibility index (Phi) is 4.37. The van der Waals surface area contributed by atoms with Gasteiger partial charge in [0, 0.05) is 23.2 Å². The molecule has 0 aliphatic carbocycles. The lowest BCUT2D eigenvalue weighted by Crippen LogP contribution is -2.57. The molecule has 0 aromatic heterocycles. The molecule has 1 aromatic rings. The van der Waals surface area contributed by atoms with Crippen LogP contribution in [-0.2, 0) is 4.79 Å². The number of piperidine rings is 1. The van der Waals surface area contributed by atoms with E-state index in [1.165, 1.54) is 4.90 Å². The van der Waals surface area contributed by atoms with Gasteiger partial charge in [-0.25, -0.2) is 0 Å². The molecule has 1 saturated heterocycles. The summed E-state index contributed by atoms with van der Waals surface area (Å²) in [5.41, 5.74) is 5.54. The van der Waals surface area contributed by atoms with Crippen LogP contribution in [0.15, 0.2) is 28.7 Å². The fraction of sp³-hybridized carbons (Fsp3) is 0.385. The molecule has 20 heavy (non-hydrogen) atoms. The second kappa shape index (κ2) is 5.87. The smallest absolute Gasteiger partial charge is 0.243 e. The van der Waals surface area contributed by atoms with Gasteiger partial charge in [0.15, 0.2) is 5.81 Å². The van der Waals surface area contributed by atoms with Crippen LogP contribution in [-0.4, -0.2) is 43.1 Å². The lowest BCUT2D eigenvalue weighted by atomic mass is 9.85. The number of hydrogen-bond donors (Lipinski definition) is 2. The van der Waals surface area contributed by atoms with Gasteiger partial charge < -0.3 is 16.0 Å². The molecule has 0 atom stereocenters. The third kappa shape index (κ3) is 3.15. The number of nitrogens with zero attached hydrogens (tertiary/aromatic N) is 1. The predicted octanol–water partition coefficient (Wildman–Crippen LogP) is 1.47. The summed E-state index contributed by atoms with van der Waals surface area (Å²) >= 11 is 3.36. The maximum absolute atomic E-state index is 11.8. The lowest BCUT2D eigenvalue weighted by Gasteiger charge is -2.40. The molecule has 0 spiro atoms. The number of benzene rings is 1. The Labute approximate surface area is 127 Å². The number of carbonyl (C=O) groups is 2. The molecule has 1 aliphatic heterocycles. The number of primary amides is 1. The molecule has 2 radical (unpaired) electrons. The number of carbonyl (C=O) groups excluding carboxylic acids is 2. The molecule has 1 aliphatic rings. The Morgan fingerprint density at radius 1 is 1.25 bits per heavy atom. The maximum Gasteiger partial charge on any atom is 0.243 e. The number of amides is 2. The molecule has 0 unspecified atom stereocenters. The molecule has 1 aromatic carbocycles. The van der Waals surface area contributed by atoms with E-state index in [0.29, 0.717) is 25.9 Å². The van der Waals surface area contributed by atoms with Crippen LogP contribution in [0.3, 0.4) is 0 Å². The lowest BCUT2D eigenvalue weighted by molar-refractivity contribution is -0.123. The molecular formula is C13H15BBrN3O2. The maximum atomic E-state index is 11.8. The predicted molar refractivity (Wildman–Crippen MR) is 81.6 cm³/mol. The second-order valence-electron chi connectivity index (χ2n) is 4.90. The Balaban J connectivity index is 2.13. The van der Waals surface area contributed by atoms with Gasteiger partial charge in [-0.15, -0.1) is 0 Å². The van der Waals surface area contributed by atoms with Gasteiger partial charge in [0.25, 0.3) is 0 Å². The molecule has 3 N–H and O–H groups in total. The summed E-state index contributed by atoms with van der Waals surface area (Å²) in [4.78, 5) is 24.5. The van der Waals surface area contributed by atoms with E-state index in [2.05, 4.69) is 21.2 Å². The van der Waals surface area contributed by atoms with Crippen molar-refractivity contribution in [3.05, 3.63) is 28.7 Å². The van der Waals surface area contributed by atoms with E-state index in [-0.39, 0.29) is 0 Å². The van der Waals surface area contributed by atoms with Crippen molar-refractivity contribution in [2.75, 3.05) is 18.4 Å². The monoisotopic (exact) mass is 335 g/mol. The number of anilines is 1. The Hall–Kier alpha value is -1.50. The second-order valence-corrected chi connectivity index (χ2v) is 5.82. The van der Waals surface area contributed by atoms with Crippen LogP contribution in [0.5, 0.6) is 0 Å². The summed E-state index contributed by atoms with van der Waals surface area (Å²) in [5, 5.41) is 3.21. The van der Waals surface area contributed by atoms with Crippen LogP contribution in [0, 0.1) is 0 Å². The summed E-state index contributed by atoms with van der Waals surface area (Å²) in [6, 6.07) is 7.51. The van der Waals surface area contributed by atoms with Crippen molar-refractivity contribution >= 4 is 41.2 Å². The fourth-order valence-electron chi connectivity index (χ4n) is 2.35. The number of hydrogen-bond acceptors (Lipinski definition) is 3. The van der Waals surface area contributed by atoms with Gasteiger partial charge in [-0.3, -0.25) is 9.59 Å². The zero-order chi connectivity index (χ0) is 14.8. The average molecular weight is 336 g/mol. The van der Waals surface area contributed by atoms with Gasteiger partial charge in [-0.05, 0) is 37.1 Å². The van der Waals surface area contributed by atoms with Gasteiger partial charge in [-0.1, -0.05) is 15.9 Å². The number of halogens is 1. The highest BCUT2D eigenvalue weighted by Gasteiger charge is 2.40. The molecule has 2 rings (SSSR count). The number of rotatable bonds is 3. The van der Waals surface area contributed by atoms with E-state index < -0.39 is 17.3 Å². The van der Waals surface area contributed by atoms with Crippen LogP contribution in [0.4, 0.5) is 10.5 Å². The van der Waals surface area contributed by atoms with Gasteiger partial charge in [0.2, 0.25) is 13.8 Å². The third-order valence-electron chi connectivity index (χ3n) is 3.63. The summed E-state index contributed by atoms with van der Waals surface area (Å²) in [6.45, 7) is 0.837. The zero-order valence-electron chi connectivity index (χ0n) is 10.9. The minimum absolute atomic E-state index is 0.412. The van der Waals surface area contributed by atoms with Crippen LogP contribution < -0.4 is 11.1 Å². The van der Waals surface area contributed by atoms with Gasteiger partial charge >= 0.3 is 0 Å². The van der Waals surface area contributed by atoms with Crippen LogP contribution in [0.25, 0.3) is 0 Å². The first-order valence-electron chi connectivity index (χ1n) is 6.31. The highest BCUT2D eigenvalue weighted by molar-refractivity contribution is 9.10. The normalized spacial score (nSPS) is 17.6. The molecule has 104 valence electrons. The molecular weight excluding hydrogens is 321 g/mol. The van der Waals surface area contributed by atoms with E-state index in [9.17, 15) is 9.59 Å². The summed E-state index contributed by atoms with van der Waals surface area (Å²) in [6.07, 6.45) is 0.892. The Morgan fingerprint density at radius 2 is 1.80 bits per heavy atom. The van der Waals surface area contributed by atoms with Crippen LogP contribution in [0.2, 0.25) is 0 Å². The van der Waals surface area contributed by atoms with Crippen LogP contribution >= 0.6 is 15.9 Å². The molecule has 1 fully saturated rings. The Bertz CT molecular complexity index is 513. The zero-order valence-corrected chi connectivity index (χ0v) is 12.5. The molecule has 1 heterocycles. The van der Waals surface area contributed by atoms with Gasteiger partial charge in [0.1, 0.15) is 5.54 Å². The van der Waals surface area contributed by atoms with Crippen molar-refractivity contribution in [2.24, 2.45) is 5.73 Å². The summed E-state index contributed by atoms with van der Waals surface area (Å²) in [5.74, 6) is -0.878. The molecule has 2 amide bonds. The number of nitrogens with two attached hydrogens (primary N) is 1. The van der Waals surface area contributed by atoms with Crippen molar-refractivity contribution in [2.45, 2.75) is 18.4 Å². The van der Waals surface area contributed by atoms with Crippen molar-refractivity contribution in [3.63, 3.8) is 0 Å². The van der Waals surface area contributed by atoms with Gasteiger partial charge in [0.05, 0.1) is 0 Å². The topological polar surface area (TPSA) is 75.4 Å².